The number of allylic oxidation sites excluding steroid dienone is 1. The summed E-state index contributed by atoms with van der Waals surface area (Å²) in [5.74, 6) is 4.94. The normalized spacial score (nSPS) is 13.0. The number of phosphoric acid groups is 1. The van der Waals surface area contributed by atoms with E-state index in [1.807, 2.05) is 0 Å². The van der Waals surface area contributed by atoms with Crippen LogP contribution in [0.3, 0.4) is 0 Å². The fourth-order valence-electron chi connectivity index (χ4n) is 1.99. The molecule has 0 bridgehead atoms. The number of rotatable bonds is 14. The van der Waals surface area contributed by atoms with Gasteiger partial charge in [-0.05, 0) is 38.8 Å². The molecule has 0 spiro atoms. The third-order valence-electron chi connectivity index (χ3n) is 3.09. The van der Waals surface area contributed by atoms with Crippen LogP contribution >= 0.6 is 7.82 Å². The molecule has 0 saturated heterocycles. The maximum Gasteiger partial charge on any atom is 0.528 e. The van der Waals surface area contributed by atoms with Crippen LogP contribution in [0.25, 0.3) is 0 Å². The third kappa shape index (κ3) is 14.2. The summed E-state index contributed by atoms with van der Waals surface area (Å²) >= 11 is 0. The summed E-state index contributed by atoms with van der Waals surface area (Å²) in [5, 5.41) is 0. The van der Waals surface area contributed by atoms with Gasteiger partial charge in [-0.1, -0.05) is 50.9 Å². The predicted octanol–water partition coefficient (Wildman–Crippen LogP) is 4.13. The molecule has 0 aromatic rings. The first-order valence-corrected chi connectivity index (χ1v) is 9.50. The van der Waals surface area contributed by atoms with Gasteiger partial charge in [0.05, 0.1) is 6.61 Å². The summed E-state index contributed by atoms with van der Waals surface area (Å²) in [7, 11) is -4.07. The average Bonchev–Trinajstić information content (AvgIpc) is 2.44. The van der Waals surface area contributed by atoms with Crippen LogP contribution in [0.15, 0.2) is 12.3 Å². The lowest BCUT2D eigenvalue weighted by Gasteiger charge is -2.11. The van der Waals surface area contributed by atoms with E-state index in [0.29, 0.717) is 0 Å². The number of hydrogen-bond donors (Lipinski definition) is 2. The van der Waals surface area contributed by atoms with E-state index in [1.54, 1.807) is 6.92 Å². The summed E-state index contributed by atoms with van der Waals surface area (Å²) in [5.41, 5.74) is 5.44. The lowest BCUT2D eigenvalue weighted by atomic mass is 10.1. The molecule has 1 atom stereocenters. The van der Waals surface area contributed by atoms with Crippen molar-refractivity contribution in [3.63, 3.8) is 0 Å². The van der Waals surface area contributed by atoms with Gasteiger partial charge in [-0.25, -0.2) is 4.57 Å². The number of hydrogen-bond acceptors (Lipinski definition) is 4. The van der Waals surface area contributed by atoms with Crippen LogP contribution in [-0.4, -0.2) is 18.0 Å². The molecule has 0 radical (unpaired) electrons. The Morgan fingerprint density at radius 1 is 1.09 bits per heavy atom. The Bertz CT molecular complexity index is 401. The van der Waals surface area contributed by atoms with E-state index in [2.05, 4.69) is 22.9 Å². The minimum atomic E-state index is -4.07. The van der Waals surface area contributed by atoms with Gasteiger partial charge in [0.1, 0.15) is 0 Å². The molecular weight excluding hydrogens is 301 g/mol. The minimum absolute atomic E-state index is 0.0528. The van der Waals surface area contributed by atoms with Gasteiger partial charge in [0.2, 0.25) is 0 Å². The van der Waals surface area contributed by atoms with E-state index in [1.165, 1.54) is 32.1 Å². The first-order valence-electron chi connectivity index (χ1n) is 8.00. The molecule has 22 heavy (non-hydrogen) atoms. The second-order valence-corrected chi connectivity index (χ2v) is 6.54. The summed E-state index contributed by atoms with van der Waals surface area (Å²) in [6.07, 6.45) is 10.1. The molecular formula is C16H30NO4P. The molecule has 0 aliphatic heterocycles. The minimum Gasteiger partial charge on any atom is -0.396 e. The highest BCUT2D eigenvalue weighted by molar-refractivity contribution is 7.47. The Hall–Kier alpha value is -0.790. The third-order valence-corrected chi connectivity index (χ3v) is 4.05. The van der Waals surface area contributed by atoms with Crippen LogP contribution in [0, 0.1) is 11.8 Å². The van der Waals surface area contributed by atoms with Crippen LogP contribution in [0.5, 0.6) is 0 Å². The van der Waals surface area contributed by atoms with Gasteiger partial charge < -0.3 is 10.3 Å². The van der Waals surface area contributed by atoms with Gasteiger partial charge in [-0.15, -0.1) is 0 Å². The molecule has 0 rings (SSSR count). The zero-order valence-corrected chi connectivity index (χ0v) is 14.6. The lowest BCUT2D eigenvalue weighted by molar-refractivity contribution is 0.179. The predicted molar refractivity (Wildman–Crippen MR) is 90.1 cm³/mol. The molecule has 1 unspecified atom stereocenters. The van der Waals surface area contributed by atoms with E-state index in [4.69, 9.17) is 10.3 Å². The van der Waals surface area contributed by atoms with Gasteiger partial charge in [0.25, 0.3) is 0 Å². The van der Waals surface area contributed by atoms with E-state index >= 15 is 0 Å². The Balaban J connectivity index is 3.46. The topological polar surface area (TPSA) is 81.8 Å². The maximum atomic E-state index is 11.5. The zero-order chi connectivity index (χ0) is 16.7. The highest BCUT2D eigenvalue weighted by atomic mass is 31.2. The fourth-order valence-corrected chi connectivity index (χ4v) is 2.73. The zero-order valence-electron chi connectivity index (χ0n) is 13.7. The second kappa shape index (κ2) is 13.8. The van der Waals surface area contributed by atoms with Crippen LogP contribution < -0.4 is 5.73 Å². The lowest BCUT2D eigenvalue weighted by Crippen LogP contribution is -1.97. The highest BCUT2D eigenvalue weighted by Gasteiger charge is 2.22. The second-order valence-electron chi connectivity index (χ2n) is 5.16. The molecule has 5 nitrogen and oxygen atoms in total. The van der Waals surface area contributed by atoms with Gasteiger partial charge >= 0.3 is 7.82 Å². The van der Waals surface area contributed by atoms with Crippen molar-refractivity contribution < 1.29 is 18.5 Å². The molecule has 128 valence electrons. The SMILES string of the molecule is C=C(C#CC)OP(=O)(O)OCCCCCCCCCCCN. The Kier molecular flexibility index (Phi) is 13.3. The summed E-state index contributed by atoms with van der Waals surface area (Å²) < 4.78 is 21.1. The Labute approximate surface area is 134 Å². The smallest absolute Gasteiger partial charge is 0.396 e. The van der Waals surface area contributed by atoms with E-state index < -0.39 is 7.82 Å². The van der Waals surface area contributed by atoms with Crippen molar-refractivity contribution in [2.75, 3.05) is 13.2 Å². The average molecular weight is 331 g/mol. The molecule has 0 aromatic carbocycles. The standard InChI is InChI=1S/C16H30NO4P/c1-3-13-16(2)21-22(18,19)20-15-12-10-8-6-4-5-7-9-11-14-17/h2,4-12,14-15,17H2,1H3,(H,18,19). The summed E-state index contributed by atoms with van der Waals surface area (Å²) in [4.78, 5) is 9.43. The van der Waals surface area contributed by atoms with Gasteiger partial charge in [-0.3, -0.25) is 9.42 Å². The molecule has 0 amide bonds. The molecule has 0 aromatic heterocycles. The monoisotopic (exact) mass is 331 g/mol. The van der Waals surface area contributed by atoms with Crippen molar-refractivity contribution in [2.45, 2.75) is 64.7 Å². The van der Waals surface area contributed by atoms with Crippen LogP contribution in [0.4, 0.5) is 0 Å². The van der Waals surface area contributed by atoms with Crippen molar-refractivity contribution >= 4 is 7.82 Å². The molecule has 6 heteroatoms. The van der Waals surface area contributed by atoms with Crippen molar-refractivity contribution in [2.24, 2.45) is 5.73 Å². The fraction of sp³-hybridized carbons (Fsp3) is 0.750. The van der Waals surface area contributed by atoms with Crippen molar-refractivity contribution in [3.05, 3.63) is 12.3 Å². The molecule has 0 fully saturated rings. The molecule has 0 saturated carbocycles. The Morgan fingerprint density at radius 3 is 2.09 bits per heavy atom. The van der Waals surface area contributed by atoms with E-state index in [-0.39, 0.29) is 12.4 Å². The van der Waals surface area contributed by atoms with Crippen LogP contribution in [0.1, 0.15) is 64.7 Å². The summed E-state index contributed by atoms with van der Waals surface area (Å²) in [6.45, 7) is 6.01. The number of nitrogens with two attached hydrogens (primary N) is 1. The first-order chi connectivity index (χ1) is 10.5. The van der Waals surface area contributed by atoms with Gasteiger partial charge in [0, 0.05) is 0 Å². The molecule has 0 aliphatic rings. The van der Waals surface area contributed by atoms with Crippen molar-refractivity contribution in [3.8, 4) is 11.8 Å². The van der Waals surface area contributed by atoms with E-state index in [0.717, 1.165) is 32.2 Å². The summed E-state index contributed by atoms with van der Waals surface area (Å²) in [6, 6.07) is 0. The van der Waals surface area contributed by atoms with E-state index in [9.17, 15) is 9.46 Å². The molecule has 0 heterocycles. The highest BCUT2D eigenvalue weighted by Crippen LogP contribution is 2.45. The van der Waals surface area contributed by atoms with Crippen LogP contribution in [0.2, 0.25) is 0 Å². The quantitative estimate of drug-likeness (QED) is 0.216. The van der Waals surface area contributed by atoms with Crippen molar-refractivity contribution in [1.82, 2.24) is 0 Å². The number of phosphoric ester groups is 1. The Morgan fingerprint density at radius 2 is 1.59 bits per heavy atom. The maximum absolute atomic E-state index is 11.5. The molecule has 3 N–H and O–H groups in total. The van der Waals surface area contributed by atoms with Crippen LogP contribution in [-0.2, 0) is 13.6 Å². The van der Waals surface area contributed by atoms with Gasteiger partial charge in [-0.2, -0.15) is 0 Å². The number of unbranched alkanes of at least 4 members (excludes halogenated alkanes) is 8. The largest absolute Gasteiger partial charge is 0.528 e. The first kappa shape index (κ1) is 21.2. The van der Waals surface area contributed by atoms with Gasteiger partial charge in [0.15, 0.2) is 5.76 Å². The molecule has 0 aliphatic carbocycles. The van der Waals surface area contributed by atoms with Crippen molar-refractivity contribution in [1.29, 1.82) is 0 Å².